The Morgan fingerprint density at radius 3 is 2.94 bits per heavy atom. The quantitative estimate of drug-likeness (QED) is 0.837. The summed E-state index contributed by atoms with van der Waals surface area (Å²) in [6.45, 7) is 2.55. The predicted octanol–water partition coefficient (Wildman–Crippen LogP) is 1.35. The lowest BCUT2D eigenvalue weighted by Crippen LogP contribution is -2.18. The lowest BCUT2D eigenvalue weighted by Gasteiger charge is -2.08. The number of aromatic nitrogens is 2. The van der Waals surface area contributed by atoms with E-state index in [9.17, 15) is 0 Å². The Balaban J connectivity index is 2.03. The van der Waals surface area contributed by atoms with Gasteiger partial charge in [0.25, 0.3) is 5.89 Å². The molecular formula is C11H19N3O3. The molecule has 1 aromatic rings. The van der Waals surface area contributed by atoms with E-state index in [4.69, 9.17) is 19.7 Å². The molecule has 0 aromatic carbocycles. The van der Waals surface area contributed by atoms with Crippen LogP contribution in [0.25, 0.3) is 0 Å². The third kappa shape index (κ3) is 2.65. The Labute approximate surface area is 100 Å². The van der Waals surface area contributed by atoms with Gasteiger partial charge in [0.15, 0.2) is 0 Å². The van der Waals surface area contributed by atoms with Crippen molar-refractivity contribution in [3.63, 3.8) is 0 Å². The van der Waals surface area contributed by atoms with Crippen LogP contribution in [0.3, 0.4) is 0 Å². The van der Waals surface area contributed by atoms with Crippen molar-refractivity contribution in [1.29, 1.82) is 0 Å². The summed E-state index contributed by atoms with van der Waals surface area (Å²) >= 11 is 0. The maximum Gasteiger partial charge on any atom is 0.255 e. The molecule has 0 bridgehead atoms. The highest BCUT2D eigenvalue weighted by Crippen LogP contribution is 2.32. The first kappa shape index (κ1) is 12.5. The van der Waals surface area contributed by atoms with Gasteiger partial charge in [-0.15, -0.1) is 0 Å². The number of nitrogens with zero attached hydrogens (tertiary/aromatic N) is 2. The van der Waals surface area contributed by atoms with Crippen LogP contribution in [-0.4, -0.2) is 29.9 Å². The van der Waals surface area contributed by atoms with Gasteiger partial charge in [-0.2, -0.15) is 4.98 Å². The van der Waals surface area contributed by atoms with Crippen LogP contribution in [0, 0.1) is 0 Å². The molecule has 0 saturated carbocycles. The standard InChI is InChI=1S/C11H19N3O3/c1-3-8(15-2)10-13-11(17-14-10)9-5-4-7(6-12)16-9/h7-9H,3-6,12H2,1-2H3. The molecule has 0 spiro atoms. The van der Waals surface area contributed by atoms with Crippen LogP contribution in [-0.2, 0) is 9.47 Å². The highest BCUT2D eigenvalue weighted by molar-refractivity contribution is 4.96. The van der Waals surface area contributed by atoms with E-state index in [0.717, 1.165) is 19.3 Å². The van der Waals surface area contributed by atoms with Crippen LogP contribution in [0.1, 0.15) is 50.1 Å². The van der Waals surface area contributed by atoms with Gasteiger partial charge in [0.05, 0.1) is 6.10 Å². The SMILES string of the molecule is CCC(OC)c1noc(C2CCC(CN)O2)n1. The molecule has 1 aromatic heterocycles. The van der Waals surface area contributed by atoms with E-state index >= 15 is 0 Å². The van der Waals surface area contributed by atoms with Gasteiger partial charge in [0.1, 0.15) is 12.2 Å². The summed E-state index contributed by atoms with van der Waals surface area (Å²) in [5, 5.41) is 3.93. The largest absolute Gasteiger partial charge is 0.373 e. The summed E-state index contributed by atoms with van der Waals surface area (Å²) in [5.41, 5.74) is 5.56. The van der Waals surface area contributed by atoms with Crippen molar-refractivity contribution < 1.29 is 14.0 Å². The summed E-state index contributed by atoms with van der Waals surface area (Å²) < 4.78 is 16.2. The predicted molar refractivity (Wildman–Crippen MR) is 60.2 cm³/mol. The van der Waals surface area contributed by atoms with Gasteiger partial charge in [-0.3, -0.25) is 0 Å². The smallest absolute Gasteiger partial charge is 0.255 e. The second-order valence-corrected chi connectivity index (χ2v) is 4.18. The Hall–Kier alpha value is -0.980. The van der Waals surface area contributed by atoms with Crippen molar-refractivity contribution >= 4 is 0 Å². The number of nitrogens with two attached hydrogens (primary N) is 1. The molecule has 2 rings (SSSR count). The number of hydrogen-bond donors (Lipinski definition) is 1. The lowest BCUT2D eigenvalue weighted by atomic mass is 10.2. The molecule has 3 unspecified atom stereocenters. The Morgan fingerprint density at radius 2 is 2.35 bits per heavy atom. The van der Waals surface area contributed by atoms with E-state index in [0.29, 0.717) is 18.3 Å². The molecule has 1 saturated heterocycles. The van der Waals surface area contributed by atoms with E-state index < -0.39 is 0 Å². The maximum absolute atomic E-state index is 5.69. The molecule has 1 fully saturated rings. The molecular weight excluding hydrogens is 222 g/mol. The first-order chi connectivity index (χ1) is 8.28. The molecule has 0 radical (unpaired) electrons. The van der Waals surface area contributed by atoms with E-state index in [-0.39, 0.29) is 18.3 Å². The molecule has 2 N–H and O–H groups in total. The monoisotopic (exact) mass is 241 g/mol. The summed E-state index contributed by atoms with van der Waals surface area (Å²) in [7, 11) is 1.64. The third-order valence-corrected chi connectivity index (χ3v) is 3.05. The van der Waals surface area contributed by atoms with E-state index in [1.54, 1.807) is 7.11 Å². The van der Waals surface area contributed by atoms with Crippen molar-refractivity contribution in [3.05, 3.63) is 11.7 Å². The molecule has 0 amide bonds. The average molecular weight is 241 g/mol. The van der Waals surface area contributed by atoms with Crippen LogP contribution in [0.2, 0.25) is 0 Å². The molecule has 1 aliphatic heterocycles. The van der Waals surface area contributed by atoms with Crippen LogP contribution in [0.4, 0.5) is 0 Å². The fraction of sp³-hybridized carbons (Fsp3) is 0.818. The zero-order chi connectivity index (χ0) is 12.3. The van der Waals surface area contributed by atoms with E-state index in [1.807, 2.05) is 6.92 Å². The van der Waals surface area contributed by atoms with Crippen LogP contribution in [0.5, 0.6) is 0 Å². The average Bonchev–Trinajstić information content (AvgIpc) is 2.98. The van der Waals surface area contributed by atoms with Crippen LogP contribution >= 0.6 is 0 Å². The normalized spacial score (nSPS) is 26.3. The fourth-order valence-corrected chi connectivity index (χ4v) is 2.02. The second kappa shape index (κ2) is 5.57. The first-order valence-corrected chi connectivity index (χ1v) is 6.00. The highest BCUT2D eigenvalue weighted by atomic mass is 16.5. The number of hydrogen-bond acceptors (Lipinski definition) is 6. The minimum absolute atomic E-state index is 0.111. The van der Waals surface area contributed by atoms with Gasteiger partial charge >= 0.3 is 0 Å². The van der Waals surface area contributed by atoms with Gasteiger partial charge < -0.3 is 19.7 Å². The number of ether oxygens (including phenoxy) is 2. The summed E-state index contributed by atoms with van der Waals surface area (Å²) in [6, 6.07) is 0. The second-order valence-electron chi connectivity index (χ2n) is 4.18. The van der Waals surface area contributed by atoms with Crippen molar-refractivity contribution in [3.8, 4) is 0 Å². The van der Waals surface area contributed by atoms with Crippen molar-refractivity contribution in [2.24, 2.45) is 5.73 Å². The van der Waals surface area contributed by atoms with Gasteiger partial charge in [-0.1, -0.05) is 12.1 Å². The molecule has 2 heterocycles. The summed E-state index contributed by atoms with van der Waals surface area (Å²) in [6.07, 6.45) is 2.53. The molecule has 0 aliphatic carbocycles. The molecule has 6 heteroatoms. The highest BCUT2D eigenvalue weighted by Gasteiger charge is 2.30. The molecule has 17 heavy (non-hydrogen) atoms. The molecule has 1 aliphatic rings. The van der Waals surface area contributed by atoms with Crippen LogP contribution in [0.15, 0.2) is 4.52 Å². The van der Waals surface area contributed by atoms with Crippen LogP contribution < -0.4 is 5.73 Å². The number of rotatable bonds is 5. The zero-order valence-electron chi connectivity index (χ0n) is 10.3. The Bertz CT molecular complexity index is 351. The van der Waals surface area contributed by atoms with Gasteiger partial charge in [-0.25, -0.2) is 0 Å². The van der Waals surface area contributed by atoms with Crippen molar-refractivity contribution in [2.75, 3.05) is 13.7 Å². The maximum atomic E-state index is 5.69. The third-order valence-electron chi connectivity index (χ3n) is 3.05. The zero-order valence-corrected chi connectivity index (χ0v) is 10.3. The Kier molecular flexibility index (Phi) is 4.09. The molecule has 96 valence electrons. The molecule has 6 nitrogen and oxygen atoms in total. The minimum Gasteiger partial charge on any atom is -0.373 e. The number of methoxy groups -OCH3 is 1. The van der Waals surface area contributed by atoms with E-state index in [1.165, 1.54) is 0 Å². The summed E-state index contributed by atoms with van der Waals surface area (Å²) in [5.74, 6) is 1.12. The topological polar surface area (TPSA) is 83.4 Å². The summed E-state index contributed by atoms with van der Waals surface area (Å²) in [4.78, 5) is 4.33. The van der Waals surface area contributed by atoms with Crippen molar-refractivity contribution in [1.82, 2.24) is 10.1 Å². The lowest BCUT2D eigenvalue weighted by molar-refractivity contribution is 0.0306. The fourth-order valence-electron chi connectivity index (χ4n) is 2.02. The molecule has 3 atom stereocenters. The van der Waals surface area contributed by atoms with Gasteiger partial charge in [0, 0.05) is 13.7 Å². The first-order valence-electron chi connectivity index (χ1n) is 6.00. The Morgan fingerprint density at radius 1 is 1.53 bits per heavy atom. The van der Waals surface area contributed by atoms with Gasteiger partial charge in [0.2, 0.25) is 5.82 Å². The minimum atomic E-state index is -0.112. The van der Waals surface area contributed by atoms with Crippen molar-refractivity contribution in [2.45, 2.75) is 44.5 Å². The van der Waals surface area contributed by atoms with Gasteiger partial charge in [-0.05, 0) is 19.3 Å². The van der Waals surface area contributed by atoms with E-state index in [2.05, 4.69) is 10.1 Å².